The van der Waals surface area contributed by atoms with E-state index in [1.165, 1.54) is 6.92 Å². The molecule has 0 aromatic heterocycles. The Bertz CT molecular complexity index is 150. The van der Waals surface area contributed by atoms with Gasteiger partial charge in [-0.15, -0.1) is 0 Å². The van der Waals surface area contributed by atoms with E-state index in [4.69, 9.17) is 0 Å². The third-order valence-corrected chi connectivity index (χ3v) is 2.25. The van der Waals surface area contributed by atoms with Crippen LogP contribution in [0.15, 0.2) is 0 Å². The molecule has 13 heavy (non-hydrogen) atoms. The lowest BCUT2D eigenvalue weighted by Crippen LogP contribution is -2.39. The van der Waals surface area contributed by atoms with Crippen LogP contribution >= 0.6 is 0 Å². The molecule has 0 spiro atoms. The fourth-order valence-electron chi connectivity index (χ4n) is 1.32. The number of carbonyl (C=O) groups is 1. The van der Waals surface area contributed by atoms with E-state index in [1.54, 1.807) is 0 Å². The van der Waals surface area contributed by atoms with Gasteiger partial charge >= 0.3 is 0 Å². The molecule has 0 aliphatic heterocycles. The Labute approximate surface area is 79.9 Å². The van der Waals surface area contributed by atoms with E-state index < -0.39 is 6.67 Å². The summed E-state index contributed by atoms with van der Waals surface area (Å²) in [6.45, 7) is 5.05. The van der Waals surface area contributed by atoms with Crippen LogP contribution in [0, 0.1) is 5.92 Å². The molecule has 0 fully saturated rings. The summed E-state index contributed by atoms with van der Waals surface area (Å²) in [6.07, 6.45) is 3.19. The maximum atomic E-state index is 12.5. The second-order valence-electron chi connectivity index (χ2n) is 3.58. The molecule has 1 N–H and O–H groups in total. The van der Waals surface area contributed by atoms with Crippen molar-refractivity contribution in [2.45, 2.75) is 46.1 Å². The molecule has 0 bridgehead atoms. The molecule has 0 aliphatic rings. The molecule has 0 aromatic carbocycles. The molecule has 3 heteroatoms. The summed E-state index contributed by atoms with van der Waals surface area (Å²) >= 11 is 0. The molecule has 1 unspecified atom stereocenters. The third kappa shape index (κ3) is 5.61. The van der Waals surface area contributed by atoms with Crippen molar-refractivity contribution < 1.29 is 9.18 Å². The molecule has 0 rings (SSSR count). The lowest BCUT2D eigenvalue weighted by molar-refractivity contribution is -0.120. The second-order valence-corrected chi connectivity index (χ2v) is 3.58. The zero-order chi connectivity index (χ0) is 10.3. The van der Waals surface area contributed by atoms with E-state index in [-0.39, 0.29) is 17.9 Å². The van der Waals surface area contributed by atoms with Gasteiger partial charge in [0, 0.05) is 6.92 Å². The van der Waals surface area contributed by atoms with Gasteiger partial charge in [0.25, 0.3) is 0 Å². The predicted octanol–water partition coefficient (Wildman–Crippen LogP) is 2.29. The standard InChI is InChI=1S/C10H20FNO/c1-4-5-6-8(2)10(7-11)12-9(3)13/h8,10H,4-7H2,1-3H3,(H,12,13)/t8-,10?/m1/s1. The summed E-state index contributed by atoms with van der Waals surface area (Å²) in [5.74, 6) is 0.0832. The van der Waals surface area contributed by atoms with Gasteiger partial charge < -0.3 is 5.32 Å². The molecule has 2 nitrogen and oxygen atoms in total. The van der Waals surface area contributed by atoms with Gasteiger partial charge in [-0.1, -0.05) is 26.7 Å². The van der Waals surface area contributed by atoms with Crippen molar-refractivity contribution in [2.24, 2.45) is 5.92 Å². The summed E-state index contributed by atoms with van der Waals surface area (Å²) in [4.78, 5) is 10.7. The number of hydrogen-bond donors (Lipinski definition) is 1. The van der Waals surface area contributed by atoms with Gasteiger partial charge in [-0.25, -0.2) is 4.39 Å². The Morgan fingerprint density at radius 3 is 2.54 bits per heavy atom. The molecule has 1 amide bonds. The van der Waals surface area contributed by atoms with Crippen LogP contribution in [0.4, 0.5) is 4.39 Å². The second kappa shape index (κ2) is 6.87. The maximum Gasteiger partial charge on any atom is 0.217 e. The number of hydrogen-bond acceptors (Lipinski definition) is 1. The Kier molecular flexibility index (Phi) is 6.55. The summed E-state index contributed by atoms with van der Waals surface area (Å²) in [6, 6.07) is -0.302. The van der Waals surface area contributed by atoms with E-state index in [2.05, 4.69) is 12.2 Å². The highest BCUT2D eigenvalue weighted by Crippen LogP contribution is 2.12. The molecule has 0 radical (unpaired) electrons. The zero-order valence-electron chi connectivity index (χ0n) is 8.77. The van der Waals surface area contributed by atoms with Gasteiger partial charge in [-0.3, -0.25) is 4.79 Å². The van der Waals surface area contributed by atoms with Crippen LogP contribution in [-0.2, 0) is 4.79 Å². The average molecular weight is 189 g/mol. The first-order valence-electron chi connectivity index (χ1n) is 4.94. The fraction of sp³-hybridized carbons (Fsp3) is 0.900. The topological polar surface area (TPSA) is 29.1 Å². The van der Waals surface area contributed by atoms with Crippen molar-refractivity contribution in [3.63, 3.8) is 0 Å². The predicted molar refractivity (Wildman–Crippen MR) is 52.3 cm³/mol. The molecule has 0 heterocycles. The minimum atomic E-state index is -0.468. The van der Waals surface area contributed by atoms with Crippen molar-refractivity contribution in [1.29, 1.82) is 0 Å². The molecule has 0 saturated carbocycles. The number of rotatable bonds is 6. The SMILES string of the molecule is CCCC[C@@H](C)C(CF)NC(C)=O. The van der Waals surface area contributed by atoms with E-state index in [0.717, 1.165) is 19.3 Å². The first kappa shape index (κ1) is 12.4. The van der Waals surface area contributed by atoms with Gasteiger partial charge in [0.15, 0.2) is 0 Å². The number of alkyl halides is 1. The number of halogens is 1. The lowest BCUT2D eigenvalue weighted by atomic mass is 9.96. The average Bonchev–Trinajstić information content (AvgIpc) is 2.09. The molecule has 2 atom stereocenters. The largest absolute Gasteiger partial charge is 0.351 e. The summed E-state index contributed by atoms with van der Waals surface area (Å²) < 4.78 is 12.5. The molecule has 0 saturated heterocycles. The maximum absolute atomic E-state index is 12.5. The molecule has 78 valence electrons. The highest BCUT2D eigenvalue weighted by molar-refractivity contribution is 5.73. The summed E-state index contributed by atoms with van der Waals surface area (Å²) in [7, 11) is 0. The van der Waals surface area contributed by atoms with E-state index in [0.29, 0.717) is 0 Å². The Morgan fingerprint density at radius 2 is 2.15 bits per heavy atom. The van der Waals surface area contributed by atoms with Gasteiger partial charge in [0.2, 0.25) is 5.91 Å². The number of nitrogens with one attached hydrogen (secondary N) is 1. The Hall–Kier alpha value is -0.600. The van der Waals surface area contributed by atoms with Crippen LogP contribution in [0.25, 0.3) is 0 Å². The Morgan fingerprint density at radius 1 is 1.54 bits per heavy atom. The minimum absolute atomic E-state index is 0.147. The van der Waals surface area contributed by atoms with Crippen LogP contribution in [0.1, 0.15) is 40.0 Å². The van der Waals surface area contributed by atoms with Gasteiger partial charge in [0.1, 0.15) is 6.67 Å². The van der Waals surface area contributed by atoms with Gasteiger partial charge in [-0.05, 0) is 12.3 Å². The normalized spacial score (nSPS) is 15.1. The van der Waals surface area contributed by atoms with Crippen molar-refractivity contribution >= 4 is 5.91 Å². The van der Waals surface area contributed by atoms with Crippen molar-refractivity contribution in [3.05, 3.63) is 0 Å². The summed E-state index contributed by atoms with van der Waals surface area (Å²) in [5, 5.41) is 2.62. The van der Waals surface area contributed by atoms with Crippen molar-refractivity contribution in [3.8, 4) is 0 Å². The number of carbonyl (C=O) groups excluding carboxylic acids is 1. The van der Waals surface area contributed by atoms with E-state index in [1.807, 2.05) is 6.92 Å². The third-order valence-electron chi connectivity index (χ3n) is 2.25. The first-order valence-corrected chi connectivity index (χ1v) is 4.94. The minimum Gasteiger partial charge on any atom is -0.351 e. The molecular weight excluding hydrogens is 169 g/mol. The van der Waals surface area contributed by atoms with Crippen LogP contribution in [-0.4, -0.2) is 18.6 Å². The van der Waals surface area contributed by atoms with Crippen molar-refractivity contribution in [1.82, 2.24) is 5.32 Å². The van der Waals surface area contributed by atoms with E-state index in [9.17, 15) is 9.18 Å². The first-order chi connectivity index (χ1) is 6.11. The quantitative estimate of drug-likeness (QED) is 0.682. The lowest BCUT2D eigenvalue weighted by Gasteiger charge is -2.21. The van der Waals surface area contributed by atoms with Crippen LogP contribution in [0.5, 0.6) is 0 Å². The number of unbranched alkanes of at least 4 members (excludes halogenated alkanes) is 1. The highest BCUT2D eigenvalue weighted by Gasteiger charge is 2.16. The summed E-state index contributed by atoms with van der Waals surface area (Å²) in [5.41, 5.74) is 0. The van der Waals surface area contributed by atoms with Gasteiger partial charge in [-0.2, -0.15) is 0 Å². The van der Waals surface area contributed by atoms with Gasteiger partial charge in [0.05, 0.1) is 6.04 Å². The molecule has 0 aromatic rings. The van der Waals surface area contributed by atoms with Crippen LogP contribution < -0.4 is 5.32 Å². The molecular formula is C10H20FNO. The molecule has 0 aliphatic carbocycles. The zero-order valence-corrected chi connectivity index (χ0v) is 8.77. The fourth-order valence-corrected chi connectivity index (χ4v) is 1.32. The highest BCUT2D eigenvalue weighted by atomic mass is 19.1. The van der Waals surface area contributed by atoms with E-state index >= 15 is 0 Å². The monoisotopic (exact) mass is 189 g/mol. The van der Waals surface area contributed by atoms with Crippen LogP contribution in [0.3, 0.4) is 0 Å². The smallest absolute Gasteiger partial charge is 0.217 e. The van der Waals surface area contributed by atoms with Crippen molar-refractivity contribution in [2.75, 3.05) is 6.67 Å². The Balaban J connectivity index is 3.84. The van der Waals surface area contributed by atoms with Crippen LogP contribution in [0.2, 0.25) is 0 Å². The number of amides is 1.